The molecule has 1 saturated heterocycles. The Hall–Kier alpha value is -2.89. The summed E-state index contributed by atoms with van der Waals surface area (Å²) in [5.74, 6) is 0.724. The number of ether oxygens (including phenoxy) is 3. The molecule has 144 valence electrons. The highest BCUT2D eigenvalue weighted by Gasteiger charge is 2.24. The van der Waals surface area contributed by atoms with Crippen LogP contribution in [0.25, 0.3) is 10.8 Å². The molecule has 0 atom stereocenters. The summed E-state index contributed by atoms with van der Waals surface area (Å²) in [6.07, 6.45) is -0.217. The summed E-state index contributed by atoms with van der Waals surface area (Å²) >= 11 is 0. The lowest BCUT2D eigenvalue weighted by Crippen LogP contribution is -2.35. The van der Waals surface area contributed by atoms with E-state index in [1.165, 1.54) is 16.3 Å². The van der Waals surface area contributed by atoms with Crippen molar-refractivity contribution in [3.63, 3.8) is 0 Å². The molecule has 1 amide bonds. The molecule has 1 aliphatic rings. The van der Waals surface area contributed by atoms with Gasteiger partial charge in [0.15, 0.2) is 6.29 Å². The molecular weight excluding hydrogens is 354 g/mol. The van der Waals surface area contributed by atoms with E-state index in [0.717, 1.165) is 0 Å². The molecule has 1 heterocycles. The lowest BCUT2D eigenvalue weighted by Gasteiger charge is -2.30. The fourth-order valence-electron chi connectivity index (χ4n) is 3.42. The summed E-state index contributed by atoms with van der Waals surface area (Å²) in [4.78, 5) is 11.8. The van der Waals surface area contributed by atoms with Crippen LogP contribution < -0.4 is 10.1 Å². The average molecular weight is 377 g/mol. The fourth-order valence-corrected chi connectivity index (χ4v) is 3.42. The maximum absolute atomic E-state index is 11.8. The SMILES string of the molecule is O=C(NCC[C@H]1OC[C@H](c2cccc3ccccc32)CO1)Oc1ccccc1. The molecule has 0 aromatic heterocycles. The van der Waals surface area contributed by atoms with Gasteiger partial charge in [0.2, 0.25) is 0 Å². The monoisotopic (exact) mass is 377 g/mol. The van der Waals surface area contributed by atoms with Gasteiger partial charge < -0.3 is 19.5 Å². The molecule has 0 radical (unpaired) electrons. The Balaban J connectivity index is 1.24. The number of rotatable bonds is 5. The minimum absolute atomic E-state index is 0.207. The third-order valence-corrected chi connectivity index (χ3v) is 4.83. The minimum atomic E-state index is -0.476. The van der Waals surface area contributed by atoms with E-state index >= 15 is 0 Å². The van der Waals surface area contributed by atoms with Crippen LogP contribution in [-0.4, -0.2) is 32.1 Å². The standard InChI is InChI=1S/C23H23NO4/c25-23(28-19-9-2-1-3-10-19)24-14-13-22-26-15-18(16-27-22)21-12-6-8-17-7-4-5-11-20(17)21/h1-12,18,22H,13-16H2,(H,24,25)/t18-,22-. The number of amides is 1. The first-order valence-electron chi connectivity index (χ1n) is 9.51. The summed E-state index contributed by atoms with van der Waals surface area (Å²) in [6.45, 7) is 1.63. The highest BCUT2D eigenvalue weighted by atomic mass is 16.7. The molecule has 4 rings (SSSR count). The van der Waals surface area contributed by atoms with Gasteiger partial charge in [-0.05, 0) is 28.5 Å². The van der Waals surface area contributed by atoms with Crippen molar-refractivity contribution in [3.8, 4) is 5.75 Å². The van der Waals surface area contributed by atoms with Gasteiger partial charge in [0, 0.05) is 18.9 Å². The van der Waals surface area contributed by atoms with Crippen LogP contribution in [-0.2, 0) is 9.47 Å². The molecule has 1 N–H and O–H groups in total. The number of hydrogen-bond donors (Lipinski definition) is 1. The Kier molecular flexibility index (Phi) is 5.85. The lowest BCUT2D eigenvalue weighted by molar-refractivity contribution is -0.188. The third kappa shape index (κ3) is 4.50. The predicted molar refractivity (Wildman–Crippen MR) is 107 cm³/mol. The Morgan fingerprint density at radius 1 is 0.929 bits per heavy atom. The Morgan fingerprint density at radius 2 is 1.64 bits per heavy atom. The summed E-state index contributed by atoms with van der Waals surface area (Å²) < 4.78 is 16.9. The van der Waals surface area contributed by atoms with Crippen LogP contribution in [0.3, 0.4) is 0 Å². The van der Waals surface area contributed by atoms with Crippen molar-refractivity contribution < 1.29 is 19.0 Å². The zero-order chi connectivity index (χ0) is 19.2. The van der Waals surface area contributed by atoms with Crippen molar-refractivity contribution in [3.05, 3.63) is 78.4 Å². The molecule has 1 fully saturated rings. The minimum Gasteiger partial charge on any atom is -0.410 e. The number of fused-ring (bicyclic) bond motifs is 1. The number of carbonyl (C=O) groups excluding carboxylic acids is 1. The predicted octanol–water partition coefficient (Wildman–Crippen LogP) is 4.48. The van der Waals surface area contributed by atoms with Crippen molar-refractivity contribution in [2.24, 2.45) is 0 Å². The highest BCUT2D eigenvalue weighted by molar-refractivity contribution is 5.86. The van der Waals surface area contributed by atoms with Crippen LogP contribution in [0.5, 0.6) is 5.75 Å². The second kappa shape index (κ2) is 8.87. The van der Waals surface area contributed by atoms with Crippen LogP contribution in [0.4, 0.5) is 4.79 Å². The second-order valence-corrected chi connectivity index (χ2v) is 6.78. The van der Waals surface area contributed by atoms with E-state index in [1.54, 1.807) is 12.1 Å². The van der Waals surface area contributed by atoms with Crippen molar-refractivity contribution in [2.75, 3.05) is 19.8 Å². The molecule has 0 aliphatic carbocycles. The number of hydrogen-bond acceptors (Lipinski definition) is 4. The molecule has 0 bridgehead atoms. The Bertz CT molecular complexity index is 915. The smallest absolute Gasteiger partial charge is 0.410 e. The second-order valence-electron chi connectivity index (χ2n) is 6.78. The van der Waals surface area contributed by atoms with Crippen LogP contribution in [0.15, 0.2) is 72.8 Å². The summed E-state index contributed by atoms with van der Waals surface area (Å²) in [6, 6.07) is 23.7. The number of benzene rings is 3. The summed E-state index contributed by atoms with van der Waals surface area (Å²) in [5, 5.41) is 5.19. The molecule has 0 saturated carbocycles. The van der Waals surface area contributed by atoms with Crippen molar-refractivity contribution in [2.45, 2.75) is 18.6 Å². The van der Waals surface area contributed by atoms with E-state index in [2.05, 4.69) is 41.7 Å². The van der Waals surface area contributed by atoms with Crippen LogP contribution >= 0.6 is 0 Å². The van der Waals surface area contributed by atoms with Crippen LogP contribution in [0.2, 0.25) is 0 Å². The quantitative estimate of drug-likeness (QED) is 0.712. The lowest BCUT2D eigenvalue weighted by atomic mass is 9.94. The molecule has 3 aromatic carbocycles. The first kappa shape index (κ1) is 18.5. The maximum Gasteiger partial charge on any atom is 0.412 e. The number of para-hydroxylation sites is 1. The molecule has 28 heavy (non-hydrogen) atoms. The van der Waals surface area contributed by atoms with E-state index in [9.17, 15) is 4.79 Å². The molecule has 5 heteroatoms. The van der Waals surface area contributed by atoms with Gasteiger partial charge in [-0.15, -0.1) is 0 Å². The molecule has 1 aliphatic heterocycles. The largest absolute Gasteiger partial charge is 0.412 e. The van der Waals surface area contributed by atoms with Crippen molar-refractivity contribution >= 4 is 16.9 Å². The van der Waals surface area contributed by atoms with Gasteiger partial charge in [0.25, 0.3) is 0 Å². The summed E-state index contributed by atoms with van der Waals surface area (Å²) in [5.41, 5.74) is 1.25. The first-order chi connectivity index (χ1) is 13.8. The number of carbonyl (C=O) groups is 1. The van der Waals surface area contributed by atoms with Crippen molar-refractivity contribution in [1.82, 2.24) is 5.32 Å². The molecule has 0 spiro atoms. The van der Waals surface area contributed by atoms with Gasteiger partial charge in [-0.1, -0.05) is 60.7 Å². The van der Waals surface area contributed by atoms with Crippen LogP contribution in [0.1, 0.15) is 17.9 Å². The number of nitrogens with one attached hydrogen (secondary N) is 1. The van der Waals surface area contributed by atoms with Gasteiger partial charge >= 0.3 is 6.09 Å². The van der Waals surface area contributed by atoms with Crippen molar-refractivity contribution in [1.29, 1.82) is 0 Å². The molecule has 3 aromatic rings. The zero-order valence-corrected chi connectivity index (χ0v) is 15.5. The normalized spacial score (nSPS) is 19.3. The summed E-state index contributed by atoms with van der Waals surface area (Å²) in [7, 11) is 0. The average Bonchev–Trinajstić information content (AvgIpc) is 2.75. The van der Waals surface area contributed by atoms with Crippen LogP contribution in [0, 0.1) is 0 Å². The van der Waals surface area contributed by atoms with E-state index in [-0.39, 0.29) is 12.2 Å². The van der Waals surface area contributed by atoms with Gasteiger partial charge in [-0.25, -0.2) is 4.79 Å². The molecule has 5 nitrogen and oxygen atoms in total. The van der Waals surface area contributed by atoms with E-state index in [4.69, 9.17) is 14.2 Å². The van der Waals surface area contributed by atoms with E-state index in [1.807, 2.05) is 24.3 Å². The fraction of sp³-hybridized carbons (Fsp3) is 0.261. The first-order valence-corrected chi connectivity index (χ1v) is 9.51. The highest BCUT2D eigenvalue weighted by Crippen LogP contribution is 2.29. The van der Waals surface area contributed by atoms with Gasteiger partial charge in [0.05, 0.1) is 13.2 Å². The Morgan fingerprint density at radius 3 is 2.46 bits per heavy atom. The molecule has 0 unspecified atom stereocenters. The zero-order valence-electron chi connectivity index (χ0n) is 15.5. The van der Waals surface area contributed by atoms with Gasteiger partial charge in [-0.3, -0.25) is 0 Å². The van der Waals surface area contributed by atoms with Gasteiger partial charge in [0.1, 0.15) is 5.75 Å². The van der Waals surface area contributed by atoms with E-state index in [0.29, 0.717) is 31.9 Å². The molecular formula is C23H23NO4. The van der Waals surface area contributed by atoms with Gasteiger partial charge in [-0.2, -0.15) is 0 Å². The van der Waals surface area contributed by atoms with E-state index < -0.39 is 6.09 Å². The Labute approximate surface area is 164 Å². The topological polar surface area (TPSA) is 56.8 Å². The maximum atomic E-state index is 11.8. The third-order valence-electron chi connectivity index (χ3n) is 4.83.